The van der Waals surface area contributed by atoms with Crippen molar-refractivity contribution in [3.05, 3.63) is 64.7 Å². The molecule has 0 spiro atoms. The van der Waals surface area contributed by atoms with Crippen molar-refractivity contribution in [2.24, 2.45) is 0 Å². The van der Waals surface area contributed by atoms with Crippen LogP contribution in [-0.2, 0) is 26.2 Å². The number of benzene rings is 2. The Morgan fingerprint density at radius 1 is 1.09 bits per heavy atom. The summed E-state index contributed by atoms with van der Waals surface area (Å²) in [5, 5.41) is 3.22. The van der Waals surface area contributed by atoms with Crippen molar-refractivity contribution in [2.45, 2.75) is 50.7 Å². The highest BCUT2D eigenvalue weighted by Gasteiger charge is 2.43. The van der Waals surface area contributed by atoms with Crippen molar-refractivity contribution in [3.8, 4) is 0 Å². The van der Waals surface area contributed by atoms with E-state index >= 15 is 0 Å². The van der Waals surface area contributed by atoms with E-state index in [0.717, 1.165) is 0 Å². The van der Waals surface area contributed by atoms with E-state index in [-0.39, 0.29) is 17.0 Å². The topological polar surface area (TPSA) is 104 Å². The van der Waals surface area contributed by atoms with Crippen LogP contribution in [0.5, 0.6) is 0 Å². The molecule has 3 rings (SSSR count). The largest absolute Gasteiger partial charge is 0.350 e. The molecule has 1 aliphatic rings. The van der Waals surface area contributed by atoms with Crippen LogP contribution in [-0.4, -0.2) is 53.5 Å². The average Bonchev–Trinajstić information content (AvgIpc) is 2.92. The second-order valence-corrected chi connectivity index (χ2v) is 11.1. The van der Waals surface area contributed by atoms with Crippen LogP contribution in [0.25, 0.3) is 0 Å². The normalized spacial score (nSPS) is 15.7. The molecule has 0 saturated carbocycles. The van der Waals surface area contributed by atoms with Crippen LogP contribution in [0.15, 0.2) is 53.4 Å². The molecule has 1 N–H and O–H groups in total. The maximum atomic E-state index is 13.4. The third-order valence-electron chi connectivity index (χ3n) is 5.15. The van der Waals surface area contributed by atoms with Crippen molar-refractivity contribution in [2.75, 3.05) is 6.54 Å². The van der Waals surface area contributed by atoms with Crippen LogP contribution in [0.2, 0.25) is 5.02 Å². The first kappa shape index (κ1) is 24.7. The molecule has 8 nitrogen and oxygen atoms in total. The lowest BCUT2D eigenvalue weighted by atomic mass is 10.1. The van der Waals surface area contributed by atoms with Gasteiger partial charge >= 0.3 is 0 Å². The lowest BCUT2D eigenvalue weighted by Crippen LogP contribution is -2.54. The number of halogens is 1. The molecular formula is C23H26ClN3O5S. The van der Waals surface area contributed by atoms with Gasteiger partial charge in [-0.2, -0.15) is 0 Å². The molecule has 176 valence electrons. The van der Waals surface area contributed by atoms with Crippen LogP contribution in [0.1, 0.15) is 43.6 Å². The first-order chi connectivity index (χ1) is 15.3. The number of carbonyl (C=O) groups is 3. The minimum atomic E-state index is -4.17. The molecule has 1 heterocycles. The quantitative estimate of drug-likeness (QED) is 0.669. The monoisotopic (exact) mass is 491 g/mol. The molecule has 1 unspecified atom stereocenters. The fourth-order valence-corrected chi connectivity index (χ4v) is 5.18. The molecule has 33 heavy (non-hydrogen) atoms. The van der Waals surface area contributed by atoms with Crippen LogP contribution in [0.4, 0.5) is 0 Å². The summed E-state index contributed by atoms with van der Waals surface area (Å²) in [7, 11) is -4.17. The van der Waals surface area contributed by atoms with Crippen LogP contribution < -0.4 is 5.32 Å². The van der Waals surface area contributed by atoms with Crippen molar-refractivity contribution < 1.29 is 22.8 Å². The fraction of sp³-hybridized carbons (Fsp3) is 0.348. The first-order valence-electron chi connectivity index (χ1n) is 10.3. The Labute approximate surface area is 198 Å². The highest BCUT2D eigenvalue weighted by atomic mass is 35.5. The SMILES string of the molecule is CC(C(=O)NC(C)(C)C)N(Cc1ccccc1Cl)C(=O)CN1C(=O)c2ccccc2S1(=O)=O. The maximum absolute atomic E-state index is 13.4. The van der Waals surface area contributed by atoms with E-state index in [4.69, 9.17) is 11.6 Å². The number of carbonyl (C=O) groups excluding carboxylic acids is 3. The van der Waals surface area contributed by atoms with Crippen LogP contribution in [0, 0.1) is 0 Å². The van der Waals surface area contributed by atoms with E-state index in [1.807, 2.05) is 20.8 Å². The van der Waals surface area contributed by atoms with Gasteiger partial charge < -0.3 is 10.2 Å². The fourth-order valence-electron chi connectivity index (χ4n) is 3.47. The summed E-state index contributed by atoms with van der Waals surface area (Å²) < 4.78 is 26.3. The molecular weight excluding hydrogens is 466 g/mol. The summed E-state index contributed by atoms with van der Waals surface area (Å²) in [6.07, 6.45) is 0. The van der Waals surface area contributed by atoms with E-state index in [9.17, 15) is 22.8 Å². The van der Waals surface area contributed by atoms with Gasteiger partial charge in [-0.15, -0.1) is 0 Å². The minimum absolute atomic E-state index is 0.0153. The lowest BCUT2D eigenvalue weighted by molar-refractivity contribution is -0.141. The lowest BCUT2D eigenvalue weighted by Gasteiger charge is -2.32. The number of amides is 3. The zero-order valence-corrected chi connectivity index (χ0v) is 20.4. The summed E-state index contributed by atoms with van der Waals surface area (Å²) in [6.45, 7) is 6.21. The van der Waals surface area contributed by atoms with Crippen molar-refractivity contribution >= 4 is 39.3 Å². The number of nitrogens with zero attached hydrogens (tertiary/aromatic N) is 2. The molecule has 1 atom stereocenters. The van der Waals surface area contributed by atoms with E-state index in [1.54, 1.807) is 37.3 Å². The third-order valence-corrected chi connectivity index (χ3v) is 7.31. The summed E-state index contributed by atoms with van der Waals surface area (Å²) in [5.74, 6) is -1.89. The summed E-state index contributed by atoms with van der Waals surface area (Å²) >= 11 is 6.26. The summed E-state index contributed by atoms with van der Waals surface area (Å²) in [6, 6.07) is 11.7. The van der Waals surface area contributed by atoms with E-state index in [1.165, 1.54) is 23.1 Å². The van der Waals surface area contributed by atoms with E-state index < -0.39 is 45.9 Å². The molecule has 0 fully saturated rings. The molecule has 1 aliphatic heterocycles. The summed E-state index contributed by atoms with van der Waals surface area (Å²) in [5.41, 5.74) is 0.0590. The van der Waals surface area contributed by atoms with Gasteiger partial charge in [0.15, 0.2) is 0 Å². The second kappa shape index (κ2) is 9.15. The van der Waals surface area contributed by atoms with Gasteiger partial charge in [-0.1, -0.05) is 41.9 Å². The van der Waals surface area contributed by atoms with Gasteiger partial charge in [0.1, 0.15) is 17.5 Å². The molecule has 0 bridgehead atoms. The molecule has 0 aliphatic carbocycles. The van der Waals surface area contributed by atoms with E-state index in [2.05, 4.69) is 5.32 Å². The number of rotatable bonds is 6. The maximum Gasteiger partial charge on any atom is 0.269 e. The predicted octanol–water partition coefficient (Wildman–Crippen LogP) is 2.82. The highest BCUT2D eigenvalue weighted by Crippen LogP contribution is 2.30. The van der Waals surface area contributed by atoms with Crippen molar-refractivity contribution in [1.29, 1.82) is 0 Å². The Bertz CT molecular complexity index is 1210. The molecule has 0 aromatic heterocycles. The Balaban J connectivity index is 1.92. The Morgan fingerprint density at radius 2 is 1.70 bits per heavy atom. The molecule has 2 aromatic carbocycles. The zero-order chi connectivity index (χ0) is 24.6. The highest BCUT2D eigenvalue weighted by molar-refractivity contribution is 7.90. The number of sulfonamides is 1. The number of fused-ring (bicyclic) bond motifs is 1. The number of hydrogen-bond acceptors (Lipinski definition) is 5. The number of hydrogen-bond donors (Lipinski definition) is 1. The van der Waals surface area contributed by atoms with E-state index in [0.29, 0.717) is 14.9 Å². The van der Waals surface area contributed by atoms with Gasteiger partial charge in [-0.05, 0) is 51.5 Å². The van der Waals surface area contributed by atoms with Crippen molar-refractivity contribution in [1.82, 2.24) is 14.5 Å². The average molecular weight is 492 g/mol. The minimum Gasteiger partial charge on any atom is -0.350 e. The predicted molar refractivity (Wildman–Crippen MR) is 124 cm³/mol. The Kier molecular flexibility index (Phi) is 6.85. The number of nitrogens with one attached hydrogen (secondary N) is 1. The van der Waals surface area contributed by atoms with Crippen molar-refractivity contribution in [3.63, 3.8) is 0 Å². The van der Waals surface area contributed by atoms with Gasteiger partial charge in [0.25, 0.3) is 15.9 Å². The van der Waals surface area contributed by atoms with Crippen LogP contribution in [0.3, 0.4) is 0 Å². The van der Waals surface area contributed by atoms with Crippen LogP contribution >= 0.6 is 11.6 Å². The standard InChI is InChI=1S/C23H26ClN3O5S/c1-15(21(29)25-23(2,3)4)26(13-16-9-5-7-11-18(16)24)20(28)14-27-22(30)17-10-6-8-12-19(17)33(27,31)32/h5-12,15H,13-14H2,1-4H3,(H,25,29). The summed E-state index contributed by atoms with van der Waals surface area (Å²) in [4.78, 5) is 40.0. The zero-order valence-electron chi connectivity index (χ0n) is 18.8. The van der Waals surface area contributed by atoms with Gasteiger partial charge in [-0.3, -0.25) is 14.4 Å². The molecule has 2 aromatic rings. The molecule has 0 saturated heterocycles. The smallest absolute Gasteiger partial charge is 0.269 e. The van der Waals surface area contributed by atoms with Gasteiger partial charge in [-0.25, -0.2) is 12.7 Å². The van der Waals surface area contributed by atoms with Gasteiger partial charge in [0.2, 0.25) is 11.8 Å². The third kappa shape index (κ3) is 5.20. The Morgan fingerprint density at radius 3 is 2.30 bits per heavy atom. The molecule has 0 radical (unpaired) electrons. The molecule has 10 heteroatoms. The molecule has 3 amide bonds. The Hall–Kier alpha value is -2.91. The first-order valence-corrected chi connectivity index (χ1v) is 12.2. The van der Waals surface area contributed by atoms with Gasteiger partial charge in [0, 0.05) is 17.1 Å². The van der Waals surface area contributed by atoms with Gasteiger partial charge in [0.05, 0.1) is 5.56 Å². The second-order valence-electron chi connectivity index (χ2n) is 8.84.